The second-order valence-corrected chi connectivity index (χ2v) is 4.72. The lowest BCUT2D eigenvalue weighted by atomic mass is 9.95. The Labute approximate surface area is 91.2 Å². The fourth-order valence-corrected chi connectivity index (χ4v) is 1.15. The lowest BCUT2D eigenvalue weighted by Crippen LogP contribution is -2.29. The first kappa shape index (κ1) is 11.8. The average Bonchev–Trinajstić information content (AvgIpc) is 2.50. The van der Waals surface area contributed by atoms with E-state index in [1.807, 2.05) is 17.8 Å². The van der Waals surface area contributed by atoms with Crippen molar-refractivity contribution in [2.45, 2.75) is 27.2 Å². The van der Waals surface area contributed by atoms with E-state index in [4.69, 9.17) is 5.73 Å². The number of nitrogens with zero attached hydrogens (tertiary/aromatic N) is 3. The van der Waals surface area contributed by atoms with Gasteiger partial charge in [-0.1, -0.05) is 20.8 Å². The molecule has 0 unspecified atom stereocenters. The van der Waals surface area contributed by atoms with Gasteiger partial charge in [-0.25, -0.2) is 4.98 Å². The fraction of sp³-hybridized carbons (Fsp3) is 0.636. The molecule has 0 fully saturated rings. The van der Waals surface area contributed by atoms with Crippen LogP contribution in [-0.4, -0.2) is 21.9 Å². The Balaban J connectivity index is 2.49. The molecule has 0 spiro atoms. The number of hydrogen-bond donors (Lipinski definition) is 1. The van der Waals surface area contributed by atoms with Crippen LogP contribution in [0, 0.1) is 5.41 Å². The third-order valence-electron chi connectivity index (χ3n) is 2.31. The van der Waals surface area contributed by atoms with Gasteiger partial charge < -0.3 is 10.3 Å². The van der Waals surface area contributed by atoms with Crippen LogP contribution in [0.4, 0.5) is 0 Å². The number of aryl methyl sites for hydroxylation is 1. The topological polar surface area (TPSA) is 56.2 Å². The predicted octanol–water partition coefficient (Wildman–Crippen LogP) is 1.37. The normalized spacial score (nSPS) is 13.2. The van der Waals surface area contributed by atoms with E-state index >= 15 is 0 Å². The van der Waals surface area contributed by atoms with Gasteiger partial charge in [0.2, 0.25) is 0 Å². The van der Waals surface area contributed by atoms with Crippen LogP contribution in [0.5, 0.6) is 0 Å². The van der Waals surface area contributed by atoms with Crippen LogP contribution < -0.4 is 5.73 Å². The molecule has 0 amide bonds. The highest BCUT2D eigenvalue weighted by Gasteiger charge is 2.14. The third-order valence-corrected chi connectivity index (χ3v) is 2.31. The molecule has 4 nitrogen and oxygen atoms in total. The van der Waals surface area contributed by atoms with Gasteiger partial charge in [-0.05, 0) is 0 Å². The number of hydrogen-bond acceptors (Lipinski definition) is 2. The van der Waals surface area contributed by atoms with Crippen LogP contribution in [-0.2, 0) is 13.5 Å². The standard InChI is InChI=1S/C11H20N4/c1-11(2,3)10(12)14-6-5-9-13-7-8-15(9)4/h7-8H,5-6H2,1-4H3,(H2,12,14). The summed E-state index contributed by atoms with van der Waals surface area (Å²) in [4.78, 5) is 8.58. The molecule has 1 rings (SSSR count). The van der Waals surface area contributed by atoms with Crippen LogP contribution in [0.2, 0.25) is 0 Å². The lowest BCUT2D eigenvalue weighted by molar-refractivity contribution is 0.580. The zero-order valence-electron chi connectivity index (χ0n) is 9.99. The van der Waals surface area contributed by atoms with Gasteiger partial charge in [0.05, 0.1) is 5.84 Å². The molecule has 0 bridgehead atoms. The third kappa shape index (κ3) is 3.38. The molecule has 0 aromatic carbocycles. The van der Waals surface area contributed by atoms with Crippen LogP contribution in [0.3, 0.4) is 0 Å². The number of amidine groups is 1. The fourth-order valence-electron chi connectivity index (χ4n) is 1.15. The summed E-state index contributed by atoms with van der Waals surface area (Å²) in [7, 11) is 1.99. The van der Waals surface area contributed by atoms with Crippen molar-refractivity contribution < 1.29 is 0 Å². The number of nitrogens with two attached hydrogens (primary N) is 1. The summed E-state index contributed by atoms with van der Waals surface area (Å²) in [6.45, 7) is 6.89. The van der Waals surface area contributed by atoms with Gasteiger partial charge in [-0.2, -0.15) is 0 Å². The van der Waals surface area contributed by atoms with E-state index < -0.39 is 0 Å². The zero-order chi connectivity index (χ0) is 11.5. The second-order valence-electron chi connectivity index (χ2n) is 4.72. The summed E-state index contributed by atoms with van der Waals surface area (Å²) >= 11 is 0. The van der Waals surface area contributed by atoms with Gasteiger partial charge in [0.25, 0.3) is 0 Å². The molecule has 0 saturated carbocycles. The second kappa shape index (κ2) is 4.47. The summed E-state index contributed by atoms with van der Waals surface area (Å²) in [5.74, 6) is 1.75. The minimum atomic E-state index is -0.0400. The average molecular weight is 208 g/mol. The van der Waals surface area contributed by atoms with E-state index in [-0.39, 0.29) is 5.41 Å². The molecule has 0 saturated heterocycles. The van der Waals surface area contributed by atoms with Crippen molar-refractivity contribution in [2.24, 2.45) is 23.2 Å². The first-order valence-corrected chi connectivity index (χ1v) is 5.18. The number of aliphatic imine (C=N–C) groups is 1. The first-order chi connectivity index (χ1) is 6.91. The first-order valence-electron chi connectivity index (χ1n) is 5.18. The summed E-state index contributed by atoms with van der Waals surface area (Å²) < 4.78 is 2.00. The number of aromatic nitrogens is 2. The highest BCUT2D eigenvalue weighted by atomic mass is 15.0. The molecular weight excluding hydrogens is 188 g/mol. The van der Waals surface area contributed by atoms with E-state index in [9.17, 15) is 0 Å². The summed E-state index contributed by atoms with van der Waals surface area (Å²) in [6, 6.07) is 0. The van der Waals surface area contributed by atoms with Crippen LogP contribution in [0.1, 0.15) is 26.6 Å². The van der Waals surface area contributed by atoms with E-state index in [2.05, 4.69) is 30.7 Å². The summed E-state index contributed by atoms with van der Waals surface area (Å²) in [6.07, 6.45) is 4.57. The maximum atomic E-state index is 5.85. The highest BCUT2D eigenvalue weighted by molar-refractivity contribution is 5.85. The monoisotopic (exact) mass is 208 g/mol. The predicted molar refractivity (Wildman–Crippen MR) is 62.9 cm³/mol. The van der Waals surface area contributed by atoms with Crippen molar-refractivity contribution in [3.05, 3.63) is 18.2 Å². The molecule has 1 aromatic heterocycles. The molecular formula is C11H20N4. The molecule has 0 atom stereocenters. The Morgan fingerprint density at radius 3 is 2.67 bits per heavy atom. The van der Waals surface area contributed by atoms with Gasteiger partial charge in [-0.3, -0.25) is 4.99 Å². The van der Waals surface area contributed by atoms with Gasteiger partial charge >= 0.3 is 0 Å². The molecule has 15 heavy (non-hydrogen) atoms. The number of imidazole rings is 1. The minimum absolute atomic E-state index is 0.0400. The van der Waals surface area contributed by atoms with Crippen LogP contribution in [0.25, 0.3) is 0 Å². The Bertz CT molecular complexity index is 344. The van der Waals surface area contributed by atoms with Crippen LogP contribution >= 0.6 is 0 Å². The van der Waals surface area contributed by atoms with E-state index in [0.29, 0.717) is 12.4 Å². The van der Waals surface area contributed by atoms with Crippen molar-refractivity contribution >= 4 is 5.84 Å². The molecule has 2 N–H and O–H groups in total. The molecule has 4 heteroatoms. The maximum Gasteiger partial charge on any atom is 0.110 e. The molecule has 0 aliphatic rings. The molecule has 1 aromatic rings. The lowest BCUT2D eigenvalue weighted by Gasteiger charge is -2.17. The zero-order valence-corrected chi connectivity index (χ0v) is 9.99. The Hall–Kier alpha value is -1.32. The smallest absolute Gasteiger partial charge is 0.110 e. The van der Waals surface area contributed by atoms with Gasteiger partial charge in [0, 0.05) is 37.8 Å². The Kier molecular flexibility index (Phi) is 3.50. The van der Waals surface area contributed by atoms with Crippen molar-refractivity contribution in [3.8, 4) is 0 Å². The maximum absolute atomic E-state index is 5.85. The van der Waals surface area contributed by atoms with Gasteiger partial charge in [0.15, 0.2) is 0 Å². The van der Waals surface area contributed by atoms with E-state index in [0.717, 1.165) is 12.2 Å². The van der Waals surface area contributed by atoms with E-state index in [1.54, 1.807) is 6.20 Å². The molecule has 1 heterocycles. The summed E-state index contributed by atoms with van der Waals surface area (Å²) in [5, 5.41) is 0. The van der Waals surface area contributed by atoms with Crippen molar-refractivity contribution in [2.75, 3.05) is 6.54 Å². The SMILES string of the molecule is Cn1ccnc1CCN=C(N)C(C)(C)C. The quantitative estimate of drug-likeness (QED) is 0.602. The van der Waals surface area contributed by atoms with Crippen molar-refractivity contribution in [1.82, 2.24) is 9.55 Å². The van der Waals surface area contributed by atoms with Gasteiger partial charge in [-0.15, -0.1) is 0 Å². The molecule has 84 valence electrons. The largest absolute Gasteiger partial charge is 0.387 e. The minimum Gasteiger partial charge on any atom is -0.387 e. The van der Waals surface area contributed by atoms with Crippen molar-refractivity contribution in [3.63, 3.8) is 0 Å². The number of rotatable bonds is 3. The van der Waals surface area contributed by atoms with Gasteiger partial charge in [0.1, 0.15) is 5.82 Å². The molecule has 0 radical (unpaired) electrons. The Morgan fingerprint density at radius 2 is 2.20 bits per heavy atom. The summed E-state index contributed by atoms with van der Waals surface area (Å²) in [5.41, 5.74) is 5.81. The molecule has 0 aliphatic heterocycles. The van der Waals surface area contributed by atoms with E-state index in [1.165, 1.54) is 0 Å². The highest BCUT2D eigenvalue weighted by Crippen LogP contribution is 2.12. The Morgan fingerprint density at radius 1 is 1.53 bits per heavy atom. The van der Waals surface area contributed by atoms with Crippen LogP contribution in [0.15, 0.2) is 17.4 Å². The van der Waals surface area contributed by atoms with Crippen molar-refractivity contribution in [1.29, 1.82) is 0 Å². The molecule has 0 aliphatic carbocycles.